The first-order valence-corrected chi connectivity index (χ1v) is 6.46. The Hall–Kier alpha value is -1.47. The molecule has 106 valence electrons. The molecule has 0 radical (unpaired) electrons. The van der Waals surface area contributed by atoms with E-state index in [1.165, 1.54) is 4.68 Å². The van der Waals surface area contributed by atoms with Crippen molar-refractivity contribution in [3.8, 4) is 0 Å². The number of carbonyl (C=O) groups excluding carboxylic acids is 1. The highest BCUT2D eigenvalue weighted by Gasteiger charge is 2.21. The Morgan fingerprint density at radius 3 is 3.05 bits per heavy atom. The number of nitrogens with zero attached hydrogens (tertiary/aromatic N) is 3. The predicted octanol–water partition coefficient (Wildman–Crippen LogP) is -0.199. The van der Waals surface area contributed by atoms with Crippen LogP contribution in [0.15, 0.2) is 6.20 Å². The summed E-state index contributed by atoms with van der Waals surface area (Å²) < 4.78 is 6.83. The van der Waals surface area contributed by atoms with Gasteiger partial charge in [-0.1, -0.05) is 5.21 Å². The van der Waals surface area contributed by atoms with Gasteiger partial charge in [-0.3, -0.25) is 4.79 Å². The molecule has 19 heavy (non-hydrogen) atoms. The van der Waals surface area contributed by atoms with Crippen LogP contribution in [-0.2, 0) is 21.7 Å². The summed E-state index contributed by atoms with van der Waals surface area (Å²) in [5.41, 5.74) is -0.605. The Morgan fingerprint density at radius 1 is 1.68 bits per heavy atom. The first-order chi connectivity index (χ1) is 8.95. The lowest BCUT2D eigenvalue weighted by molar-refractivity contribution is -0.122. The maximum atomic E-state index is 11.7. The van der Waals surface area contributed by atoms with Crippen LogP contribution in [0, 0.1) is 0 Å². The van der Waals surface area contributed by atoms with Crippen molar-refractivity contribution in [2.45, 2.75) is 44.9 Å². The number of hydrogen-bond acceptors (Lipinski definition) is 5. The quantitative estimate of drug-likeness (QED) is 0.772. The fraction of sp³-hybridized carbons (Fsp3) is 0.750. The Balaban J connectivity index is 1.80. The predicted molar refractivity (Wildman–Crippen MR) is 67.3 cm³/mol. The molecule has 1 aliphatic rings. The smallest absolute Gasteiger partial charge is 0.241 e. The van der Waals surface area contributed by atoms with Crippen LogP contribution in [0.4, 0.5) is 0 Å². The highest BCUT2D eigenvalue weighted by molar-refractivity contribution is 5.75. The van der Waals surface area contributed by atoms with Gasteiger partial charge in [-0.15, -0.1) is 5.10 Å². The molecule has 1 saturated heterocycles. The van der Waals surface area contributed by atoms with Crippen molar-refractivity contribution in [1.82, 2.24) is 20.3 Å². The third-order valence-corrected chi connectivity index (χ3v) is 3.02. The lowest BCUT2D eigenvalue weighted by atomic mass is 10.1. The van der Waals surface area contributed by atoms with Crippen LogP contribution in [0.2, 0.25) is 0 Å². The first kappa shape index (κ1) is 14.0. The number of amides is 1. The monoisotopic (exact) mass is 268 g/mol. The lowest BCUT2D eigenvalue weighted by Crippen LogP contribution is -2.34. The maximum Gasteiger partial charge on any atom is 0.241 e. The molecule has 7 nitrogen and oxygen atoms in total. The van der Waals surface area contributed by atoms with Gasteiger partial charge in [0.1, 0.15) is 17.8 Å². The number of carbonyl (C=O) groups is 1. The van der Waals surface area contributed by atoms with E-state index >= 15 is 0 Å². The Bertz CT molecular complexity index is 432. The Labute approximate surface area is 111 Å². The summed E-state index contributed by atoms with van der Waals surface area (Å²) in [5.74, 6) is -0.136. The van der Waals surface area contributed by atoms with Crippen molar-refractivity contribution in [3.63, 3.8) is 0 Å². The summed E-state index contributed by atoms with van der Waals surface area (Å²) in [7, 11) is 0. The van der Waals surface area contributed by atoms with Gasteiger partial charge in [-0.05, 0) is 26.7 Å². The maximum absolute atomic E-state index is 11.7. The summed E-state index contributed by atoms with van der Waals surface area (Å²) >= 11 is 0. The Morgan fingerprint density at radius 2 is 2.47 bits per heavy atom. The molecule has 0 bridgehead atoms. The van der Waals surface area contributed by atoms with E-state index in [1.807, 2.05) is 0 Å². The van der Waals surface area contributed by atoms with E-state index in [4.69, 9.17) is 4.74 Å². The third kappa shape index (κ3) is 4.00. The van der Waals surface area contributed by atoms with Crippen molar-refractivity contribution in [1.29, 1.82) is 0 Å². The second-order valence-electron chi connectivity index (χ2n) is 5.30. The van der Waals surface area contributed by atoms with Gasteiger partial charge in [0.05, 0.1) is 12.3 Å². The molecule has 0 aromatic carbocycles. The normalized spacial score (nSPS) is 19.6. The van der Waals surface area contributed by atoms with E-state index in [9.17, 15) is 9.90 Å². The van der Waals surface area contributed by atoms with Crippen LogP contribution in [0.25, 0.3) is 0 Å². The lowest BCUT2D eigenvalue weighted by Gasteiger charge is -2.12. The fourth-order valence-electron chi connectivity index (χ4n) is 1.89. The summed E-state index contributed by atoms with van der Waals surface area (Å²) in [6.45, 7) is 4.65. The molecule has 1 amide bonds. The minimum Gasteiger partial charge on any atom is -0.384 e. The van der Waals surface area contributed by atoms with Crippen LogP contribution >= 0.6 is 0 Å². The van der Waals surface area contributed by atoms with Gasteiger partial charge < -0.3 is 15.2 Å². The van der Waals surface area contributed by atoms with Crippen LogP contribution in [0.5, 0.6) is 0 Å². The SMILES string of the molecule is CC(C)(O)c1cn(CC(=O)NCC2CCCO2)nn1. The molecule has 0 spiro atoms. The van der Waals surface area contributed by atoms with Crippen molar-refractivity contribution < 1.29 is 14.6 Å². The van der Waals surface area contributed by atoms with Gasteiger partial charge in [0.15, 0.2) is 0 Å². The number of aliphatic hydroxyl groups is 1. The molecule has 0 saturated carbocycles. The van der Waals surface area contributed by atoms with Crippen molar-refractivity contribution in [2.75, 3.05) is 13.2 Å². The largest absolute Gasteiger partial charge is 0.384 e. The van der Waals surface area contributed by atoms with Crippen molar-refractivity contribution in [2.24, 2.45) is 0 Å². The standard InChI is InChI=1S/C12H20N4O3/c1-12(2,18)10-7-16(15-14-10)8-11(17)13-6-9-4-3-5-19-9/h7,9,18H,3-6,8H2,1-2H3,(H,13,17). The molecular formula is C12H20N4O3. The van der Waals surface area contributed by atoms with Crippen LogP contribution in [-0.4, -0.2) is 45.3 Å². The number of hydrogen-bond donors (Lipinski definition) is 2. The topological polar surface area (TPSA) is 89.3 Å². The third-order valence-electron chi connectivity index (χ3n) is 3.02. The molecule has 2 heterocycles. The van der Waals surface area contributed by atoms with Crippen LogP contribution in [0.3, 0.4) is 0 Å². The molecule has 1 aromatic rings. The van der Waals surface area contributed by atoms with E-state index in [0.717, 1.165) is 19.4 Å². The van der Waals surface area contributed by atoms with Crippen molar-refractivity contribution >= 4 is 5.91 Å². The van der Waals surface area contributed by atoms with Gasteiger partial charge in [0.2, 0.25) is 5.91 Å². The first-order valence-electron chi connectivity index (χ1n) is 6.46. The second kappa shape index (κ2) is 5.66. The molecule has 7 heteroatoms. The molecule has 1 aromatic heterocycles. The zero-order chi connectivity index (χ0) is 13.9. The van der Waals surface area contributed by atoms with E-state index < -0.39 is 5.60 Å². The minimum absolute atomic E-state index is 0.0931. The molecule has 0 aliphatic carbocycles. The highest BCUT2D eigenvalue weighted by Crippen LogP contribution is 2.15. The Kier molecular flexibility index (Phi) is 4.16. The zero-order valence-corrected chi connectivity index (χ0v) is 11.3. The number of rotatable bonds is 5. The van der Waals surface area contributed by atoms with Gasteiger partial charge in [0, 0.05) is 13.2 Å². The number of nitrogens with one attached hydrogen (secondary N) is 1. The van der Waals surface area contributed by atoms with E-state index in [0.29, 0.717) is 12.2 Å². The van der Waals surface area contributed by atoms with Crippen LogP contribution < -0.4 is 5.32 Å². The molecule has 2 rings (SSSR count). The average Bonchev–Trinajstić information content (AvgIpc) is 2.95. The zero-order valence-electron chi connectivity index (χ0n) is 11.3. The van der Waals surface area contributed by atoms with E-state index in [-0.39, 0.29) is 18.6 Å². The van der Waals surface area contributed by atoms with Gasteiger partial charge >= 0.3 is 0 Å². The minimum atomic E-state index is -1.05. The number of ether oxygens (including phenoxy) is 1. The molecule has 1 atom stereocenters. The summed E-state index contributed by atoms with van der Waals surface area (Å²) in [6.07, 6.45) is 3.75. The van der Waals surface area contributed by atoms with Gasteiger partial charge in [-0.2, -0.15) is 0 Å². The molecular weight excluding hydrogens is 248 g/mol. The summed E-state index contributed by atoms with van der Waals surface area (Å²) in [6, 6.07) is 0. The highest BCUT2D eigenvalue weighted by atomic mass is 16.5. The van der Waals surface area contributed by atoms with Crippen molar-refractivity contribution in [3.05, 3.63) is 11.9 Å². The molecule has 2 N–H and O–H groups in total. The van der Waals surface area contributed by atoms with Gasteiger partial charge in [-0.25, -0.2) is 4.68 Å². The number of aromatic nitrogens is 3. The summed E-state index contributed by atoms with van der Waals surface area (Å²) in [5, 5.41) is 20.2. The molecule has 1 aliphatic heterocycles. The fourth-order valence-corrected chi connectivity index (χ4v) is 1.89. The van der Waals surface area contributed by atoms with Gasteiger partial charge in [0.25, 0.3) is 0 Å². The van der Waals surface area contributed by atoms with Crippen LogP contribution in [0.1, 0.15) is 32.4 Å². The molecule has 1 fully saturated rings. The summed E-state index contributed by atoms with van der Waals surface area (Å²) in [4.78, 5) is 11.7. The van der Waals surface area contributed by atoms with E-state index in [1.54, 1.807) is 20.0 Å². The molecule has 1 unspecified atom stereocenters. The second-order valence-corrected chi connectivity index (χ2v) is 5.30. The average molecular weight is 268 g/mol. The van der Waals surface area contributed by atoms with E-state index in [2.05, 4.69) is 15.6 Å².